The monoisotopic (exact) mass is 247 g/mol. The highest BCUT2D eigenvalue weighted by Gasteiger charge is 2.05. The van der Waals surface area contributed by atoms with Gasteiger partial charge in [-0.15, -0.1) is 0 Å². The smallest absolute Gasteiger partial charge is 0.0998 e. The molecule has 0 fully saturated rings. The fraction of sp³-hybridized carbons (Fsp3) is 0. The zero-order valence-electron chi connectivity index (χ0n) is 8.24. The van der Waals surface area contributed by atoms with E-state index in [-0.39, 0.29) is 0 Å². The SMILES string of the molecule is N#Cc1ccccc1-c1ccc(Cl)c(Cl)c1. The molecule has 1 nitrogen and oxygen atoms in total. The predicted molar refractivity (Wildman–Crippen MR) is 66.6 cm³/mol. The molecule has 3 heteroatoms. The van der Waals surface area contributed by atoms with Crippen molar-refractivity contribution in [3.63, 3.8) is 0 Å². The van der Waals surface area contributed by atoms with Gasteiger partial charge in [0.2, 0.25) is 0 Å². The molecule has 0 N–H and O–H groups in total. The van der Waals surface area contributed by atoms with Gasteiger partial charge in [0.25, 0.3) is 0 Å². The molecule has 0 saturated carbocycles. The molecule has 0 unspecified atom stereocenters. The van der Waals surface area contributed by atoms with Crippen LogP contribution in [0.15, 0.2) is 42.5 Å². The van der Waals surface area contributed by atoms with Crippen molar-refractivity contribution in [3.05, 3.63) is 58.1 Å². The maximum Gasteiger partial charge on any atom is 0.0998 e. The summed E-state index contributed by atoms with van der Waals surface area (Å²) in [5, 5.41) is 10.0. The molecule has 0 aromatic heterocycles. The number of hydrogen-bond donors (Lipinski definition) is 0. The minimum Gasteiger partial charge on any atom is -0.192 e. The van der Waals surface area contributed by atoms with Crippen LogP contribution >= 0.6 is 23.2 Å². The number of nitriles is 1. The van der Waals surface area contributed by atoms with Gasteiger partial charge in [-0.2, -0.15) is 5.26 Å². The van der Waals surface area contributed by atoms with Crippen molar-refractivity contribution in [2.75, 3.05) is 0 Å². The number of hydrogen-bond acceptors (Lipinski definition) is 1. The van der Waals surface area contributed by atoms with Gasteiger partial charge in [-0.1, -0.05) is 47.5 Å². The standard InChI is InChI=1S/C13H7Cl2N/c14-12-6-5-9(7-13(12)15)11-4-2-1-3-10(11)8-16/h1-7H. The molecule has 0 radical (unpaired) electrons. The molecule has 0 atom stereocenters. The van der Waals surface area contributed by atoms with E-state index in [1.165, 1.54) is 0 Å². The summed E-state index contributed by atoms with van der Waals surface area (Å²) in [6, 6.07) is 14.9. The largest absolute Gasteiger partial charge is 0.192 e. The lowest BCUT2D eigenvalue weighted by atomic mass is 10.0. The molecule has 0 aliphatic carbocycles. The van der Waals surface area contributed by atoms with Gasteiger partial charge in [0.05, 0.1) is 21.7 Å². The number of nitrogens with zero attached hydrogens (tertiary/aromatic N) is 1. The Morgan fingerprint density at radius 2 is 1.69 bits per heavy atom. The van der Waals surface area contributed by atoms with Gasteiger partial charge in [-0.05, 0) is 29.3 Å². The second-order valence-corrected chi connectivity index (χ2v) is 4.10. The highest BCUT2D eigenvalue weighted by molar-refractivity contribution is 6.42. The van der Waals surface area contributed by atoms with Crippen LogP contribution in [0.1, 0.15) is 5.56 Å². The minimum atomic E-state index is 0.493. The number of benzene rings is 2. The van der Waals surface area contributed by atoms with E-state index in [1.807, 2.05) is 24.3 Å². The Bertz CT molecular complexity index is 570. The van der Waals surface area contributed by atoms with Crippen molar-refractivity contribution in [2.45, 2.75) is 0 Å². The van der Waals surface area contributed by atoms with E-state index in [2.05, 4.69) is 6.07 Å². The van der Waals surface area contributed by atoms with Crippen LogP contribution in [-0.2, 0) is 0 Å². The Hall–Kier alpha value is -1.49. The predicted octanol–water partition coefficient (Wildman–Crippen LogP) is 4.53. The van der Waals surface area contributed by atoms with Crippen molar-refractivity contribution in [1.82, 2.24) is 0 Å². The molecule has 2 aromatic rings. The molecule has 0 amide bonds. The van der Waals surface area contributed by atoms with Gasteiger partial charge in [0.15, 0.2) is 0 Å². The summed E-state index contributed by atoms with van der Waals surface area (Å²) in [6.45, 7) is 0. The van der Waals surface area contributed by atoms with Crippen molar-refractivity contribution >= 4 is 23.2 Å². The zero-order chi connectivity index (χ0) is 11.5. The first-order valence-electron chi connectivity index (χ1n) is 4.67. The third kappa shape index (κ3) is 2.04. The molecule has 0 aliphatic rings. The van der Waals surface area contributed by atoms with Gasteiger partial charge in [0.1, 0.15) is 0 Å². The first kappa shape index (κ1) is 11.0. The molecule has 2 aromatic carbocycles. The first-order chi connectivity index (χ1) is 7.72. The Morgan fingerprint density at radius 1 is 0.938 bits per heavy atom. The fourth-order valence-corrected chi connectivity index (χ4v) is 1.79. The van der Waals surface area contributed by atoms with Crippen LogP contribution in [0.25, 0.3) is 11.1 Å². The summed E-state index contributed by atoms with van der Waals surface area (Å²) in [4.78, 5) is 0. The molecule has 78 valence electrons. The molecular formula is C13H7Cl2N. The Labute approximate surface area is 104 Å². The zero-order valence-corrected chi connectivity index (χ0v) is 9.76. The van der Waals surface area contributed by atoms with Crippen LogP contribution < -0.4 is 0 Å². The van der Waals surface area contributed by atoms with Gasteiger partial charge in [-0.3, -0.25) is 0 Å². The lowest BCUT2D eigenvalue weighted by molar-refractivity contribution is 1.48. The Kier molecular flexibility index (Phi) is 3.14. The van der Waals surface area contributed by atoms with Gasteiger partial charge in [0, 0.05) is 0 Å². The lowest BCUT2D eigenvalue weighted by Gasteiger charge is -2.05. The summed E-state index contributed by atoms with van der Waals surface area (Å²) in [7, 11) is 0. The van der Waals surface area contributed by atoms with Crippen LogP contribution in [0.3, 0.4) is 0 Å². The van der Waals surface area contributed by atoms with Gasteiger partial charge in [-0.25, -0.2) is 0 Å². The van der Waals surface area contributed by atoms with E-state index in [4.69, 9.17) is 28.5 Å². The Morgan fingerprint density at radius 3 is 2.38 bits per heavy atom. The fourth-order valence-electron chi connectivity index (χ4n) is 1.50. The van der Waals surface area contributed by atoms with E-state index >= 15 is 0 Å². The molecule has 0 saturated heterocycles. The summed E-state index contributed by atoms with van der Waals surface area (Å²) >= 11 is 11.8. The molecule has 16 heavy (non-hydrogen) atoms. The summed E-state index contributed by atoms with van der Waals surface area (Å²) in [5.41, 5.74) is 2.39. The number of rotatable bonds is 1. The van der Waals surface area contributed by atoms with Crippen LogP contribution in [0.2, 0.25) is 10.0 Å². The summed E-state index contributed by atoms with van der Waals surface area (Å²) in [5.74, 6) is 0. The molecule has 0 aliphatic heterocycles. The van der Waals surface area contributed by atoms with Crippen LogP contribution in [-0.4, -0.2) is 0 Å². The third-order valence-corrected chi connectivity index (χ3v) is 3.02. The number of halogens is 2. The second-order valence-electron chi connectivity index (χ2n) is 3.29. The van der Waals surface area contributed by atoms with Crippen LogP contribution in [0, 0.1) is 11.3 Å². The van der Waals surface area contributed by atoms with E-state index in [1.54, 1.807) is 18.2 Å². The van der Waals surface area contributed by atoms with Gasteiger partial charge < -0.3 is 0 Å². The van der Waals surface area contributed by atoms with E-state index in [0.29, 0.717) is 15.6 Å². The third-order valence-electron chi connectivity index (χ3n) is 2.28. The van der Waals surface area contributed by atoms with Crippen molar-refractivity contribution in [3.8, 4) is 17.2 Å². The molecule has 0 spiro atoms. The lowest BCUT2D eigenvalue weighted by Crippen LogP contribution is -1.83. The van der Waals surface area contributed by atoms with Gasteiger partial charge >= 0.3 is 0 Å². The molecule has 0 heterocycles. The normalized spacial score (nSPS) is 9.81. The maximum atomic E-state index is 8.99. The average molecular weight is 248 g/mol. The minimum absolute atomic E-state index is 0.493. The summed E-state index contributed by atoms with van der Waals surface area (Å²) in [6.07, 6.45) is 0. The van der Waals surface area contributed by atoms with Crippen molar-refractivity contribution in [2.24, 2.45) is 0 Å². The van der Waals surface area contributed by atoms with Crippen LogP contribution in [0.5, 0.6) is 0 Å². The highest BCUT2D eigenvalue weighted by Crippen LogP contribution is 2.29. The topological polar surface area (TPSA) is 23.8 Å². The molecule has 0 bridgehead atoms. The van der Waals surface area contributed by atoms with Crippen molar-refractivity contribution in [1.29, 1.82) is 5.26 Å². The van der Waals surface area contributed by atoms with E-state index in [0.717, 1.165) is 11.1 Å². The van der Waals surface area contributed by atoms with Crippen molar-refractivity contribution < 1.29 is 0 Å². The molecular weight excluding hydrogens is 241 g/mol. The first-order valence-corrected chi connectivity index (χ1v) is 5.42. The summed E-state index contributed by atoms with van der Waals surface area (Å²) < 4.78 is 0. The highest BCUT2D eigenvalue weighted by atomic mass is 35.5. The maximum absolute atomic E-state index is 8.99. The quantitative estimate of drug-likeness (QED) is 0.727. The second kappa shape index (κ2) is 4.57. The Balaban J connectivity index is 2.60. The van der Waals surface area contributed by atoms with Crippen LogP contribution in [0.4, 0.5) is 0 Å². The van der Waals surface area contributed by atoms with E-state index in [9.17, 15) is 0 Å². The molecule has 2 rings (SSSR count). The van der Waals surface area contributed by atoms with E-state index < -0.39 is 0 Å². The average Bonchev–Trinajstić information content (AvgIpc) is 2.32.